The van der Waals surface area contributed by atoms with Crippen LogP contribution in [0.2, 0.25) is 5.02 Å². The van der Waals surface area contributed by atoms with E-state index in [2.05, 4.69) is 5.10 Å². The first-order valence-corrected chi connectivity index (χ1v) is 5.18. The molecule has 0 aliphatic heterocycles. The molecule has 0 spiro atoms. The molecule has 84 valence electrons. The Bertz CT molecular complexity index is 502. The molecular weight excluding hydrogens is 229 g/mol. The van der Waals surface area contributed by atoms with Crippen molar-refractivity contribution < 1.29 is 4.39 Å². The van der Waals surface area contributed by atoms with Crippen LogP contribution >= 0.6 is 11.6 Å². The van der Waals surface area contributed by atoms with Gasteiger partial charge in [0, 0.05) is 22.3 Å². The quantitative estimate of drug-likeness (QED) is 0.876. The van der Waals surface area contributed by atoms with Gasteiger partial charge in [0.15, 0.2) is 0 Å². The Morgan fingerprint density at radius 3 is 2.81 bits per heavy atom. The zero-order valence-corrected chi connectivity index (χ0v) is 9.50. The Balaban J connectivity index is 2.37. The van der Waals surface area contributed by atoms with Crippen LogP contribution in [-0.2, 0) is 6.54 Å². The molecule has 0 aliphatic rings. The molecule has 0 saturated heterocycles. The minimum atomic E-state index is -0.332. The molecule has 0 radical (unpaired) electrons. The van der Waals surface area contributed by atoms with Gasteiger partial charge in [-0.1, -0.05) is 17.7 Å². The highest BCUT2D eigenvalue weighted by molar-refractivity contribution is 6.31. The molecule has 1 aromatic carbocycles. The Labute approximate surface area is 97.6 Å². The standard InChI is InChI=1S/C11H11ClFN3/c1-7-5-11(14)15-16(7)6-8-9(12)3-2-4-10(8)13/h2-5H,6H2,1H3,(H2,14,15). The third-order valence-corrected chi connectivity index (χ3v) is 2.72. The van der Waals surface area contributed by atoms with Crippen molar-refractivity contribution in [1.29, 1.82) is 0 Å². The van der Waals surface area contributed by atoms with Gasteiger partial charge >= 0.3 is 0 Å². The normalized spacial score (nSPS) is 10.7. The molecule has 0 amide bonds. The number of hydrogen-bond donors (Lipinski definition) is 1. The molecule has 2 N–H and O–H groups in total. The molecule has 2 aromatic rings. The Morgan fingerprint density at radius 1 is 1.50 bits per heavy atom. The van der Waals surface area contributed by atoms with E-state index in [-0.39, 0.29) is 12.4 Å². The van der Waals surface area contributed by atoms with Gasteiger partial charge in [0.05, 0.1) is 6.54 Å². The van der Waals surface area contributed by atoms with Gasteiger partial charge in [-0.15, -0.1) is 0 Å². The molecule has 5 heteroatoms. The monoisotopic (exact) mass is 239 g/mol. The highest BCUT2D eigenvalue weighted by Crippen LogP contribution is 2.20. The summed E-state index contributed by atoms with van der Waals surface area (Å²) in [4.78, 5) is 0. The largest absolute Gasteiger partial charge is 0.382 e. The van der Waals surface area contributed by atoms with E-state index in [9.17, 15) is 4.39 Å². The number of hydrogen-bond acceptors (Lipinski definition) is 2. The molecule has 0 bridgehead atoms. The second-order valence-electron chi connectivity index (χ2n) is 3.57. The summed E-state index contributed by atoms with van der Waals surface area (Å²) in [5, 5.41) is 4.45. The molecule has 0 fully saturated rings. The zero-order chi connectivity index (χ0) is 11.7. The molecule has 0 aliphatic carbocycles. The summed E-state index contributed by atoms with van der Waals surface area (Å²) in [5.41, 5.74) is 6.85. The summed E-state index contributed by atoms with van der Waals surface area (Å²) in [5.74, 6) is 0.0888. The average Bonchev–Trinajstić information content (AvgIpc) is 2.51. The van der Waals surface area contributed by atoms with Crippen LogP contribution in [0.1, 0.15) is 11.3 Å². The van der Waals surface area contributed by atoms with Crippen LogP contribution in [0, 0.1) is 12.7 Å². The molecule has 0 atom stereocenters. The lowest BCUT2D eigenvalue weighted by Crippen LogP contribution is -2.06. The fourth-order valence-electron chi connectivity index (χ4n) is 1.53. The maximum atomic E-state index is 13.5. The summed E-state index contributed by atoms with van der Waals surface area (Å²) in [6.07, 6.45) is 0. The molecule has 0 saturated carbocycles. The van der Waals surface area contributed by atoms with E-state index in [1.165, 1.54) is 6.07 Å². The molecule has 0 unspecified atom stereocenters. The first-order chi connectivity index (χ1) is 7.58. The van der Waals surface area contributed by atoms with Crippen LogP contribution in [-0.4, -0.2) is 9.78 Å². The summed E-state index contributed by atoms with van der Waals surface area (Å²) < 4.78 is 15.1. The smallest absolute Gasteiger partial charge is 0.145 e. The van der Waals surface area contributed by atoms with E-state index in [4.69, 9.17) is 17.3 Å². The van der Waals surface area contributed by atoms with E-state index in [1.54, 1.807) is 22.9 Å². The number of rotatable bonds is 2. The third kappa shape index (κ3) is 2.02. The van der Waals surface area contributed by atoms with Crippen molar-refractivity contribution in [2.45, 2.75) is 13.5 Å². The fourth-order valence-corrected chi connectivity index (χ4v) is 1.75. The second kappa shape index (κ2) is 4.14. The first kappa shape index (κ1) is 11.0. The Kier molecular flexibility index (Phi) is 2.83. The number of nitrogen functional groups attached to an aromatic ring is 1. The van der Waals surface area contributed by atoms with E-state index in [0.717, 1.165) is 5.69 Å². The van der Waals surface area contributed by atoms with Gasteiger partial charge in [-0.2, -0.15) is 5.10 Å². The van der Waals surface area contributed by atoms with E-state index in [0.29, 0.717) is 16.4 Å². The third-order valence-electron chi connectivity index (χ3n) is 2.37. The van der Waals surface area contributed by atoms with Crippen LogP contribution < -0.4 is 5.73 Å². The van der Waals surface area contributed by atoms with Gasteiger partial charge in [0.25, 0.3) is 0 Å². The molecular formula is C11H11ClFN3. The van der Waals surface area contributed by atoms with Crippen LogP contribution in [0.3, 0.4) is 0 Å². The van der Waals surface area contributed by atoms with Crippen molar-refractivity contribution in [3.05, 3.63) is 46.4 Å². The lowest BCUT2D eigenvalue weighted by atomic mass is 10.2. The highest BCUT2D eigenvalue weighted by Gasteiger charge is 2.09. The molecule has 2 rings (SSSR count). The Hall–Kier alpha value is -1.55. The summed E-state index contributed by atoms with van der Waals surface area (Å²) in [7, 11) is 0. The number of nitrogens with two attached hydrogens (primary N) is 1. The predicted octanol–water partition coefficient (Wildman–Crippen LogP) is 2.61. The number of aromatic nitrogens is 2. The highest BCUT2D eigenvalue weighted by atomic mass is 35.5. The van der Waals surface area contributed by atoms with Crippen LogP contribution in [0.4, 0.5) is 10.2 Å². The second-order valence-corrected chi connectivity index (χ2v) is 3.98. The molecule has 16 heavy (non-hydrogen) atoms. The minimum absolute atomic E-state index is 0.286. The lowest BCUT2D eigenvalue weighted by molar-refractivity contribution is 0.581. The SMILES string of the molecule is Cc1cc(N)nn1Cc1c(F)cccc1Cl. The number of aryl methyl sites for hydroxylation is 1. The maximum Gasteiger partial charge on any atom is 0.145 e. The van der Waals surface area contributed by atoms with Gasteiger partial charge in [-0.25, -0.2) is 4.39 Å². The zero-order valence-electron chi connectivity index (χ0n) is 8.74. The van der Waals surface area contributed by atoms with E-state index < -0.39 is 0 Å². The van der Waals surface area contributed by atoms with Crippen molar-refractivity contribution in [3.8, 4) is 0 Å². The van der Waals surface area contributed by atoms with Crippen molar-refractivity contribution in [2.24, 2.45) is 0 Å². The molecule has 1 heterocycles. The van der Waals surface area contributed by atoms with Crippen molar-refractivity contribution in [2.75, 3.05) is 5.73 Å². The number of anilines is 1. The topological polar surface area (TPSA) is 43.8 Å². The van der Waals surface area contributed by atoms with Gasteiger partial charge in [0.1, 0.15) is 11.6 Å². The first-order valence-electron chi connectivity index (χ1n) is 4.81. The molecule has 3 nitrogen and oxygen atoms in total. The summed E-state index contributed by atoms with van der Waals surface area (Å²) in [6.45, 7) is 2.15. The minimum Gasteiger partial charge on any atom is -0.382 e. The lowest BCUT2D eigenvalue weighted by Gasteiger charge is -2.07. The van der Waals surface area contributed by atoms with Crippen LogP contribution in [0.15, 0.2) is 24.3 Å². The number of halogens is 2. The van der Waals surface area contributed by atoms with E-state index in [1.807, 2.05) is 6.92 Å². The fraction of sp³-hybridized carbons (Fsp3) is 0.182. The number of benzene rings is 1. The van der Waals surface area contributed by atoms with Gasteiger partial charge < -0.3 is 5.73 Å². The van der Waals surface area contributed by atoms with E-state index >= 15 is 0 Å². The van der Waals surface area contributed by atoms with Crippen molar-refractivity contribution in [3.63, 3.8) is 0 Å². The van der Waals surface area contributed by atoms with Gasteiger partial charge in [-0.05, 0) is 19.1 Å². The Morgan fingerprint density at radius 2 is 2.25 bits per heavy atom. The van der Waals surface area contributed by atoms with Crippen LogP contribution in [0.25, 0.3) is 0 Å². The summed E-state index contributed by atoms with van der Waals surface area (Å²) in [6, 6.07) is 6.34. The van der Waals surface area contributed by atoms with Crippen LogP contribution in [0.5, 0.6) is 0 Å². The number of nitrogens with zero attached hydrogens (tertiary/aromatic N) is 2. The van der Waals surface area contributed by atoms with Gasteiger partial charge in [0.2, 0.25) is 0 Å². The van der Waals surface area contributed by atoms with Crippen molar-refractivity contribution >= 4 is 17.4 Å². The van der Waals surface area contributed by atoms with Gasteiger partial charge in [-0.3, -0.25) is 4.68 Å². The van der Waals surface area contributed by atoms with Crippen molar-refractivity contribution in [1.82, 2.24) is 9.78 Å². The molecule has 1 aromatic heterocycles. The average molecular weight is 240 g/mol. The predicted molar refractivity (Wildman–Crippen MR) is 61.9 cm³/mol. The summed E-state index contributed by atoms with van der Waals surface area (Å²) >= 11 is 5.93. The maximum absolute atomic E-state index is 13.5.